The molecule has 4 N–H and O–H groups in total. The number of phenols is 1. The summed E-state index contributed by atoms with van der Waals surface area (Å²) in [5.74, 6) is -0.113. The zero-order valence-corrected chi connectivity index (χ0v) is 14.2. The summed E-state index contributed by atoms with van der Waals surface area (Å²) in [6.07, 6.45) is 1.67. The molecule has 1 aromatic heterocycles. The molecule has 0 radical (unpaired) electrons. The van der Waals surface area contributed by atoms with E-state index in [-0.39, 0.29) is 16.6 Å². The maximum atomic E-state index is 14.0. The number of aromatic nitrogens is 1. The van der Waals surface area contributed by atoms with Gasteiger partial charge in [0, 0.05) is 23.3 Å². The number of aromatic amines is 1. The van der Waals surface area contributed by atoms with Gasteiger partial charge in [0.25, 0.3) is 0 Å². The van der Waals surface area contributed by atoms with Gasteiger partial charge >= 0.3 is 0 Å². The Hall–Kier alpha value is -2.09. The lowest BCUT2D eigenvalue weighted by atomic mass is 10.2. The number of aromatic hydroxyl groups is 1. The molecule has 0 fully saturated rings. The number of hydrogen-bond donors (Lipinski definition) is 4. The molecule has 1 aliphatic heterocycles. The molecular formula is C15H9Cl2FN4OS. The second kappa shape index (κ2) is 5.77. The van der Waals surface area contributed by atoms with Crippen LogP contribution in [0.4, 0.5) is 15.8 Å². The third-order valence-corrected chi connectivity index (χ3v) is 5.27. The first-order valence-corrected chi connectivity index (χ1v) is 8.36. The van der Waals surface area contributed by atoms with Crippen molar-refractivity contribution in [1.82, 2.24) is 9.71 Å². The number of rotatable bonds is 1. The van der Waals surface area contributed by atoms with Gasteiger partial charge in [0.1, 0.15) is 17.3 Å². The fourth-order valence-corrected chi connectivity index (χ4v) is 3.66. The van der Waals surface area contributed by atoms with Crippen molar-refractivity contribution in [3.05, 3.63) is 46.3 Å². The van der Waals surface area contributed by atoms with Gasteiger partial charge in [0.15, 0.2) is 0 Å². The number of phenolic OH excluding ortho intramolecular Hbond substituents is 1. The highest BCUT2D eigenvalue weighted by Gasteiger charge is 2.21. The maximum absolute atomic E-state index is 14.0. The van der Waals surface area contributed by atoms with Gasteiger partial charge in [-0.3, -0.25) is 4.72 Å². The van der Waals surface area contributed by atoms with Crippen molar-refractivity contribution in [2.24, 2.45) is 4.99 Å². The van der Waals surface area contributed by atoms with Crippen LogP contribution in [0.2, 0.25) is 10.0 Å². The third kappa shape index (κ3) is 2.54. The summed E-state index contributed by atoms with van der Waals surface area (Å²) in [5.41, 5.74) is 1.27. The predicted octanol–water partition coefficient (Wildman–Crippen LogP) is 5.03. The van der Waals surface area contributed by atoms with E-state index in [1.165, 1.54) is 12.1 Å². The van der Waals surface area contributed by atoms with Gasteiger partial charge in [-0.1, -0.05) is 23.2 Å². The minimum absolute atomic E-state index is 0.0834. The topological polar surface area (TPSA) is 72.4 Å². The van der Waals surface area contributed by atoms with E-state index in [1.54, 1.807) is 18.3 Å². The smallest absolute Gasteiger partial charge is 0.211 e. The van der Waals surface area contributed by atoms with Crippen LogP contribution in [0.15, 0.2) is 40.4 Å². The van der Waals surface area contributed by atoms with Crippen LogP contribution in [0, 0.1) is 5.82 Å². The van der Waals surface area contributed by atoms with Crippen LogP contribution < -0.4 is 10.0 Å². The van der Waals surface area contributed by atoms with Crippen LogP contribution in [-0.4, -0.2) is 16.1 Å². The lowest BCUT2D eigenvalue weighted by Crippen LogP contribution is -2.27. The van der Waals surface area contributed by atoms with Gasteiger partial charge in [0.05, 0.1) is 20.5 Å². The summed E-state index contributed by atoms with van der Waals surface area (Å²) in [6.45, 7) is 0. The molecule has 9 heteroatoms. The van der Waals surface area contributed by atoms with Crippen LogP contribution in [0.1, 0.15) is 0 Å². The number of anilines is 1. The Morgan fingerprint density at radius 1 is 1.25 bits per heavy atom. The Morgan fingerprint density at radius 2 is 2.08 bits per heavy atom. The average Bonchev–Trinajstić information content (AvgIpc) is 3.02. The van der Waals surface area contributed by atoms with Crippen molar-refractivity contribution in [2.75, 3.05) is 5.32 Å². The first-order valence-electron chi connectivity index (χ1n) is 6.79. The van der Waals surface area contributed by atoms with Gasteiger partial charge in [-0.2, -0.15) is 0 Å². The van der Waals surface area contributed by atoms with Crippen LogP contribution in [0.5, 0.6) is 5.75 Å². The molecule has 5 nitrogen and oxygen atoms in total. The molecule has 0 aliphatic carbocycles. The van der Waals surface area contributed by atoms with E-state index in [0.29, 0.717) is 32.8 Å². The quantitative estimate of drug-likeness (QED) is 0.445. The minimum atomic E-state index is -0.373. The fraction of sp³-hybridized carbons (Fsp3) is 0. The first-order chi connectivity index (χ1) is 11.5. The molecule has 24 heavy (non-hydrogen) atoms. The molecule has 2 aromatic carbocycles. The van der Waals surface area contributed by atoms with Crippen LogP contribution in [-0.2, 0) is 0 Å². The number of hydrogen-bond acceptors (Lipinski definition) is 5. The van der Waals surface area contributed by atoms with Crippen molar-refractivity contribution in [2.45, 2.75) is 4.90 Å². The Bertz CT molecular complexity index is 1000. The van der Waals surface area contributed by atoms with Crippen molar-refractivity contribution < 1.29 is 9.50 Å². The second-order valence-corrected chi connectivity index (χ2v) is 6.66. The molecule has 1 aliphatic rings. The van der Waals surface area contributed by atoms with Crippen molar-refractivity contribution in [1.29, 1.82) is 0 Å². The summed E-state index contributed by atoms with van der Waals surface area (Å²) in [7, 11) is 0. The number of H-pyrrole nitrogens is 1. The minimum Gasteiger partial charge on any atom is -0.506 e. The maximum Gasteiger partial charge on any atom is 0.211 e. The Balaban J connectivity index is 1.71. The number of benzene rings is 2. The number of guanidine groups is 1. The molecule has 0 atom stereocenters. The van der Waals surface area contributed by atoms with Gasteiger partial charge in [-0.25, -0.2) is 9.38 Å². The van der Waals surface area contributed by atoms with Crippen molar-refractivity contribution in [3.8, 4) is 5.75 Å². The van der Waals surface area contributed by atoms with E-state index in [4.69, 9.17) is 23.2 Å². The van der Waals surface area contributed by atoms with Gasteiger partial charge in [-0.15, -0.1) is 0 Å². The molecule has 3 aromatic rings. The highest BCUT2D eigenvalue weighted by molar-refractivity contribution is 7.98. The predicted molar refractivity (Wildman–Crippen MR) is 96.1 cm³/mol. The van der Waals surface area contributed by atoms with Gasteiger partial charge in [-0.05, 0) is 30.1 Å². The van der Waals surface area contributed by atoms with E-state index in [0.717, 1.165) is 17.3 Å². The summed E-state index contributed by atoms with van der Waals surface area (Å²) >= 11 is 13.2. The first kappa shape index (κ1) is 15.4. The van der Waals surface area contributed by atoms with E-state index in [9.17, 15) is 9.50 Å². The summed E-state index contributed by atoms with van der Waals surface area (Å²) in [4.78, 5) is 7.65. The molecule has 0 saturated carbocycles. The molecule has 0 unspecified atom stereocenters. The lowest BCUT2D eigenvalue weighted by molar-refractivity contribution is 0.475. The monoisotopic (exact) mass is 382 g/mol. The van der Waals surface area contributed by atoms with E-state index < -0.39 is 0 Å². The van der Waals surface area contributed by atoms with Gasteiger partial charge in [0.2, 0.25) is 5.96 Å². The number of halogens is 3. The highest BCUT2D eigenvalue weighted by Crippen LogP contribution is 2.46. The summed E-state index contributed by atoms with van der Waals surface area (Å²) in [6, 6.07) is 6.25. The summed E-state index contributed by atoms with van der Waals surface area (Å²) in [5, 5.41) is 14.3. The lowest BCUT2D eigenvalue weighted by Gasteiger charge is -2.20. The summed E-state index contributed by atoms with van der Waals surface area (Å²) < 4.78 is 17.0. The number of nitrogens with one attached hydrogen (secondary N) is 3. The highest BCUT2D eigenvalue weighted by atomic mass is 35.5. The second-order valence-electron chi connectivity index (χ2n) is 5.06. The molecule has 0 amide bonds. The van der Waals surface area contributed by atoms with Gasteiger partial charge < -0.3 is 15.4 Å². The van der Waals surface area contributed by atoms with E-state index in [2.05, 4.69) is 20.0 Å². The number of aliphatic imine (C=N–C) groups is 1. The van der Waals surface area contributed by atoms with Crippen LogP contribution in [0.25, 0.3) is 10.9 Å². The number of nitrogens with zero attached hydrogens (tertiary/aromatic N) is 1. The van der Waals surface area contributed by atoms with Crippen LogP contribution >= 0.6 is 35.1 Å². The zero-order chi connectivity index (χ0) is 16.8. The molecule has 122 valence electrons. The SMILES string of the molecule is Oc1cc(Cl)c(Cl)c2c1N=C(Nc1cc(F)c3[nH]ccc3c1)NS2. The Labute approximate surface area is 150 Å². The largest absolute Gasteiger partial charge is 0.506 e. The van der Waals surface area contributed by atoms with E-state index in [1.807, 2.05) is 0 Å². The molecule has 4 rings (SSSR count). The molecule has 0 spiro atoms. The van der Waals surface area contributed by atoms with Crippen molar-refractivity contribution in [3.63, 3.8) is 0 Å². The average molecular weight is 383 g/mol. The molecule has 0 bridgehead atoms. The van der Waals surface area contributed by atoms with Crippen LogP contribution in [0.3, 0.4) is 0 Å². The fourth-order valence-electron chi connectivity index (χ4n) is 2.40. The Morgan fingerprint density at radius 3 is 2.92 bits per heavy atom. The molecule has 2 heterocycles. The van der Waals surface area contributed by atoms with E-state index >= 15 is 0 Å². The number of fused-ring (bicyclic) bond motifs is 2. The molecular weight excluding hydrogens is 374 g/mol. The standard InChI is InChI=1S/C15H9Cl2FN4OS/c16-8-5-10(23)13-14(11(8)17)24-22-15(21-13)20-7-3-6-1-2-19-12(6)9(18)4-7/h1-5,19,23H,(H2,20,21,22). The van der Waals surface area contributed by atoms with Crippen molar-refractivity contribution >= 4 is 63.4 Å². The third-order valence-electron chi connectivity index (χ3n) is 3.48. The zero-order valence-electron chi connectivity index (χ0n) is 11.8. The Kier molecular flexibility index (Phi) is 3.71. The molecule has 0 saturated heterocycles. The normalized spacial score (nSPS) is 13.4.